The maximum Gasteiger partial charge on any atom is 0.434 e. The Balaban J connectivity index is 1.92. The smallest absolute Gasteiger partial charge is 0.434 e. The Morgan fingerprint density at radius 3 is 2.27 bits per heavy atom. The van der Waals surface area contributed by atoms with E-state index in [0.29, 0.717) is 29.5 Å². The third-order valence-corrected chi connectivity index (χ3v) is 4.87. The van der Waals surface area contributed by atoms with Crippen molar-refractivity contribution in [3.63, 3.8) is 0 Å². The largest absolute Gasteiger partial charge is 0.478 e. The monoisotopic (exact) mass is 385 g/mol. The SMILES string of the molecule is O=C(O)c1cnn(-c2ccc(C(=O)N3CCSCC3)cc2)c1C(F)(F)F. The third-order valence-electron chi connectivity index (χ3n) is 3.93. The number of carboxylic acids is 1. The number of halogens is 3. The summed E-state index contributed by atoms with van der Waals surface area (Å²) in [5.74, 6) is -0.188. The summed E-state index contributed by atoms with van der Waals surface area (Å²) in [5.41, 5.74) is -1.91. The molecular weight excluding hydrogens is 371 g/mol. The first-order valence-corrected chi connectivity index (χ1v) is 8.80. The van der Waals surface area contributed by atoms with Crippen LogP contribution in [-0.4, -0.2) is 56.3 Å². The first-order valence-electron chi connectivity index (χ1n) is 7.65. The van der Waals surface area contributed by atoms with Crippen molar-refractivity contribution in [1.82, 2.24) is 14.7 Å². The Morgan fingerprint density at radius 1 is 1.12 bits per heavy atom. The Morgan fingerprint density at radius 2 is 1.73 bits per heavy atom. The zero-order chi connectivity index (χ0) is 18.9. The van der Waals surface area contributed by atoms with Gasteiger partial charge in [0.1, 0.15) is 5.56 Å². The number of amides is 1. The number of alkyl halides is 3. The zero-order valence-electron chi connectivity index (χ0n) is 13.4. The van der Waals surface area contributed by atoms with Crippen molar-refractivity contribution in [3.8, 4) is 5.69 Å². The summed E-state index contributed by atoms with van der Waals surface area (Å²) in [6, 6.07) is 5.48. The fourth-order valence-corrected chi connectivity index (χ4v) is 3.57. The summed E-state index contributed by atoms with van der Waals surface area (Å²) < 4.78 is 40.3. The third kappa shape index (κ3) is 3.55. The summed E-state index contributed by atoms with van der Waals surface area (Å²) in [6.45, 7) is 1.26. The average molecular weight is 385 g/mol. The van der Waals surface area contributed by atoms with Crippen LogP contribution < -0.4 is 0 Å². The van der Waals surface area contributed by atoms with Gasteiger partial charge in [-0.2, -0.15) is 30.0 Å². The molecule has 1 aliphatic heterocycles. The van der Waals surface area contributed by atoms with Gasteiger partial charge in [-0.1, -0.05) is 0 Å². The maximum absolute atomic E-state index is 13.3. The van der Waals surface area contributed by atoms with E-state index in [4.69, 9.17) is 5.11 Å². The van der Waals surface area contributed by atoms with E-state index < -0.39 is 23.4 Å². The molecule has 0 spiro atoms. The van der Waals surface area contributed by atoms with Gasteiger partial charge in [0, 0.05) is 30.2 Å². The van der Waals surface area contributed by atoms with Gasteiger partial charge in [-0.25, -0.2) is 9.48 Å². The van der Waals surface area contributed by atoms with Crippen molar-refractivity contribution in [2.45, 2.75) is 6.18 Å². The maximum atomic E-state index is 13.3. The Bertz CT molecular complexity index is 828. The van der Waals surface area contributed by atoms with Crippen LogP contribution in [-0.2, 0) is 6.18 Å². The number of hydrogen-bond acceptors (Lipinski definition) is 4. The topological polar surface area (TPSA) is 75.4 Å². The molecule has 10 heteroatoms. The number of carboxylic acid groups (broad SMARTS) is 1. The quantitative estimate of drug-likeness (QED) is 0.879. The summed E-state index contributed by atoms with van der Waals surface area (Å²) in [7, 11) is 0. The van der Waals surface area contributed by atoms with Crippen LogP contribution in [0.4, 0.5) is 13.2 Å². The molecule has 0 unspecified atom stereocenters. The van der Waals surface area contributed by atoms with E-state index in [2.05, 4.69) is 5.10 Å². The molecule has 0 atom stereocenters. The van der Waals surface area contributed by atoms with Crippen molar-refractivity contribution in [2.75, 3.05) is 24.6 Å². The second kappa shape index (κ2) is 7.02. The zero-order valence-corrected chi connectivity index (χ0v) is 14.2. The van der Waals surface area contributed by atoms with Crippen LogP contribution in [0.5, 0.6) is 0 Å². The molecule has 2 heterocycles. The lowest BCUT2D eigenvalue weighted by atomic mass is 10.1. The molecule has 1 aromatic heterocycles. The highest BCUT2D eigenvalue weighted by Crippen LogP contribution is 2.33. The van der Waals surface area contributed by atoms with Gasteiger partial charge in [-0.05, 0) is 24.3 Å². The number of benzene rings is 1. The first kappa shape index (κ1) is 18.3. The van der Waals surface area contributed by atoms with Crippen LogP contribution in [0, 0.1) is 0 Å². The minimum Gasteiger partial charge on any atom is -0.478 e. The van der Waals surface area contributed by atoms with Crippen molar-refractivity contribution in [2.24, 2.45) is 0 Å². The second-order valence-electron chi connectivity index (χ2n) is 5.57. The molecule has 138 valence electrons. The second-order valence-corrected chi connectivity index (χ2v) is 6.80. The molecule has 1 saturated heterocycles. The summed E-state index contributed by atoms with van der Waals surface area (Å²) in [6.07, 6.45) is -4.22. The summed E-state index contributed by atoms with van der Waals surface area (Å²) in [5, 5.41) is 12.5. The molecular formula is C16H14F3N3O3S. The van der Waals surface area contributed by atoms with Gasteiger partial charge in [0.2, 0.25) is 0 Å². The number of carbonyl (C=O) groups excluding carboxylic acids is 1. The standard InChI is InChI=1S/C16H14F3N3O3S/c17-16(18,19)13-12(15(24)25)9-20-22(13)11-3-1-10(2-4-11)14(23)21-5-7-26-8-6-21/h1-4,9H,5-8H2,(H,24,25). The van der Waals surface area contributed by atoms with E-state index in [9.17, 15) is 22.8 Å². The molecule has 1 fully saturated rings. The van der Waals surface area contributed by atoms with E-state index in [1.165, 1.54) is 24.3 Å². The molecule has 1 aliphatic rings. The minimum atomic E-state index is -4.88. The Labute approximate surface area is 150 Å². The molecule has 6 nitrogen and oxygen atoms in total. The molecule has 0 bridgehead atoms. The highest BCUT2D eigenvalue weighted by Gasteiger charge is 2.40. The van der Waals surface area contributed by atoms with Crippen LogP contribution >= 0.6 is 11.8 Å². The van der Waals surface area contributed by atoms with Crippen LogP contribution in [0.1, 0.15) is 26.4 Å². The van der Waals surface area contributed by atoms with Gasteiger partial charge < -0.3 is 10.0 Å². The lowest BCUT2D eigenvalue weighted by molar-refractivity contribution is -0.143. The number of aromatic carboxylic acids is 1. The van der Waals surface area contributed by atoms with Gasteiger partial charge in [0.05, 0.1) is 11.9 Å². The summed E-state index contributed by atoms with van der Waals surface area (Å²) >= 11 is 1.76. The highest BCUT2D eigenvalue weighted by atomic mass is 32.2. The fraction of sp³-hybridized carbons (Fsp3) is 0.312. The van der Waals surface area contributed by atoms with Crippen LogP contribution in [0.3, 0.4) is 0 Å². The van der Waals surface area contributed by atoms with Crippen LogP contribution in [0.2, 0.25) is 0 Å². The van der Waals surface area contributed by atoms with Crippen molar-refractivity contribution < 1.29 is 27.9 Å². The van der Waals surface area contributed by atoms with Gasteiger partial charge in [-0.3, -0.25) is 4.79 Å². The van der Waals surface area contributed by atoms with E-state index >= 15 is 0 Å². The van der Waals surface area contributed by atoms with Gasteiger partial charge >= 0.3 is 12.1 Å². The van der Waals surface area contributed by atoms with Gasteiger partial charge in [0.15, 0.2) is 5.69 Å². The molecule has 1 N–H and O–H groups in total. The average Bonchev–Trinajstić information content (AvgIpc) is 3.08. The number of hydrogen-bond donors (Lipinski definition) is 1. The molecule has 3 rings (SSSR count). The fourth-order valence-electron chi connectivity index (χ4n) is 2.67. The predicted octanol–water partition coefficient (Wildman–Crippen LogP) is 2.78. The number of thioether (sulfide) groups is 1. The molecule has 0 saturated carbocycles. The molecule has 1 aromatic carbocycles. The lowest BCUT2D eigenvalue weighted by Gasteiger charge is -2.26. The minimum absolute atomic E-state index is 0.0237. The Kier molecular flexibility index (Phi) is 4.94. The van der Waals surface area contributed by atoms with Gasteiger partial charge in [-0.15, -0.1) is 0 Å². The molecule has 26 heavy (non-hydrogen) atoms. The molecule has 2 aromatic rings. The van der Waals surface area contributed by atoms with Crippen LogP contribution in [0.15, 0.2) is 30.5 Å². The van der Waals surface area contributed by atoms with Gasteiger partial charge in [0.25, 0.3) is 5.91 Å². The van der Waals surface area contributed by atoms with Crippen molar-refractivity contribution in [1.29, 1.82) is 0 Å². The summed E-state index contributed by atoms with van der Waals surface area (Å²) in [4.78, 5) is 25.1. The van der Waals surface area contributed by atoms with Crippen molar-refractivity contribution >= 4 is 23.6 Å². The number of rotatable bonds is 3. The normalized spacial score (nSPS) is 15.1. The van der Waals surface area contributed by atoms with E-state index in [1.807, 2.05) is 0 Å². The lowest BCUT2D eigenvalue weighted by Crippen LogP contribution is -2.37. The van der Waals surface area contributed by atoms with E-state index in [0.717, 1.165) is 11.5 Å². The number of aromatic nitrogens is 2. The van der Waals surface area contributed by atoms with Crippen LogP contribution in [0.25, 0.3) is 5.69 Å². The predicted molar refractivity (Wildman–Crippen MR) is 88.8 cm³/mol. The van der Waals surface area contributed by atoms with E-state index in [1.54, 1.807) is 16.7 Å². The van der Waals surface area contributed by atoms with Crippen molar-refractivity contribution in [3.05, 3.63) is 47.3 Å². The van der Waals surface area contributed by atoms with E-state index in [-0.39, 0.29) is 11.6 Å². The molecule has 1 amide bonds. The number of nitrogens with zero attached hydrogens (tertiary/aromatic N) is 3. The molecule has 0 aliphatic carbocycles. The Hall–Kier alpha value is -2.49. The first-order chi connectivity index (χ1) is 12.3. The highest BCUT2D eigenvalue weighted by molar-refractivity contribution is 7.99. The molecule has 0 radical (unpaired) electrons. The number of carbonyl (C=O) groups is 2.